The van der Waals surface area contributed by atoms with E-state index in [4.69, 9.17) is 20.4 Å². The first-order chi connectivity index (χ1) is 11.5. The zero-order valence-electron chi connectivity index (χ0n) is 16.8. The SMILES string of the molecule is C=C(C)C(=O)O.C=C(C)C(=O)O.C=C(C)C(=O)O.CC(C)(C)CCCO. The summed E-state index contributed by atoms with van der Waals surface area (Å²) in [7, 11) is 0. The maximum atomic E-state index is 9.60. The van der Waals surface area contributed by atoms with Crippen molar-refractivity contribution in [1.29, 1.82) is 0 Å². The molecule has 0 rings (SSSR count). The van der Waals surface area contributed by atoms with Gasteiger partial charge in [-0.2, -0.15) is 0 Å². The van der Waals surface area contributed by atoms with Crippen LogP contribution in [0.5, 0.6) is 0 Å². The van der Waals surface area contributed by atoms with Gasteiger partial charge in [0.15, 0.2) is 0 Å². The van der Waals surface area contributed by atoms with Crippen molar-refractivity contribution in [3.63, 3.8) is 0 Å². The monoisotopic (exact) mass is 374 g/mol. The van der Waals surface area contributed by atoms with Crippen LogP contribution in [0.15, 0.2) is 36.5 Å². The third-order valence-electron chi connectivity index (χ3n) is 2.18. The number of aliphatic hydroxyl groups excluding tert-OH is 1. The van der Waals surface area contributed by atoms with Crippen molar-refractivity contribution >= 4 is 17.9 Å². The molecule has 152 valence electrons. The van der Waals surface area contributed by atoms with Crippen molar-refractivity contribution in [3.05, 3.63) is 36.5 Å². The molecule has 0 saturated carbocycles. The molecule has 0 fully saturated rings. The second-order valence-electron chi connectivity index (χ2n) is 6.64. The lowest BCUT2D eigenvalue weighted by Gasteiger charge is -2.16. The Balaban J connectivity index is -0.000000125. The summed E-state index contributed by atoms with van der Waals surface area (Å²) in [6.45, 7) is 20.7. The molecule has 0 saturated heterocycles. The summed E-state index contributed by atoms with van der Waals surface area (Å²) in [5.41, 5.74) is 0.919. The first kappa shape index (κ1) is 31.4. The van der Waals surface area contributed by atoms with E-state index in [2.05, 4.69) is 40.5 Å². The number of aliphatic hydroxyl groups is 1. The average molecular weight is 374 g/mol. The molecule has 0 aromatic rings. The van der Waals surface area contributed by atoms with Crippen LogP contribution in [0, 0.1) is 5.41 Å². The summed E-state index contributed by atoms with van der Waals surface area (Å²) < 4.78 is 0. The third kappa shape index (κ3) is 43.0. The standard InChI is InChI=1S/C7H16O.3C4H6O2/c1-7(2,3)5-4-6-8;3*1-3(2)4(5)6/h8H,4-6H2,1-3H3;3*1H2,2H3,(H,5,6). The van der Waals surface area contributed by atoms with Gasteiger partial charge in [-0.05, 0) is 39.0 Å². The summed E-state index contributed by atoms with van der Waals surface area (Å²) in [5, 5.41) is 32.1. The highest BCUT2D eigenvalue weighted by atomic mass is 16.4. The summed E-state index contributed by atoms with van der Waals surface area (Å²) in [6, 6.07) is 0. The van der Waals surface area contributed by atoms with Gasteiger partial charge in [-0.1, -0.05) is 40.5 Å². The number of aliphatic carboxylic acids is 3. The van der Waals surface area contributed by atoms with Gasteiger partial charge in [-0.15, -0.1) is 0 Å². The van der Waals surface area contributed by atoms with E-state index in [-0.39, 0.29) is 16.7 Å². The summed E-state index contributed by atoms with van der Waals surface area (Å²) >= 11 is 0. The maximum Gasteiger partial charge on any atom is 0.330 e. The van der Waals surface area contributed by atoms with Gasteiger partial charge in [0.25, 0.3) is 0 Å². The minimum atomic E-state index is -0.935. The first-order valence-electron chi connectivity index (χ1n) is 7.76. The summed E-state index contributed by atoms with van der Waals surface area (Å²) in [5.74, 6) is -2.81. The highest BCUT2D eigenvalue weighted by Gasteiger charge is 2.07. The molecule has 0 bridgehead atoms. The Morgan fingerprint density at radius 3 is 0.962 bits per heavy atom. The Kier molecular flexibility index (Phi) is 21.0. The summed E-state index contributed by atoms with van der Waals surface area (Å²) in [6.07, 6.45) is 2.05. The van der Waals surface area contributed by atoms with E-state index in [0.29, 0.717) is 12.0 Å². The molecule has 0 atom stereocenters. The van der Waals surface area contributed by atoms with Crippen molar-refractivity contribution in [3.8, 4) is 0 Å². The van der Waals surface area contributed by atoms with Crippen molar-refractivity contribution < 1.29 is 34.8 Å². The molecule has 0 unspecified atom stereocenters. The molecule has 4 N–H and O–H groups in total. The van der Waals surface area contributed by atoms with E-state index in [0.717, 1.165) is 12.8 Å². The van der Waals surface area contributed by atoms with Crippen LogP contribution >= 0.6 is 0 Å². The molecule has 0 aromatic carbocycles. The fraction of sp³-hybridized carbons (Fsp3) is 0.526. The van der Waals surface area contributed by atoms with Crippen LogP contribution in [0.2, 0.25) is 0 Å². The van der Waals surface area contributed by atoms with Crippen LogP contribution in [0.1, 0.15) is 54.4 Å². The molecule has 0 aliphatic rings. The average Bonchev–Trinajstić information content (AvgIpc) is 2.45. The van der Waals surface area contributed by atoms with Gasteiger partial charge in [-0.25, -0.2) is 14.4 Å². The molecule has 0 spiro atoms. The molecule has 0 aliphatic carbocycles. The number of carbonyl (C=O) groups is 3. The molecule has 0 amide bonds. The summed E-state index contributed by atoms with van der Waals surface area (Å²) in [4.78, 5) is 28.8. The molecule has 0 aliphatic heterocycles. The minimum Gasteiger partial charge on any atom is -0.478 e. The highest BCUT2D eigenvalue weighted by Crippen LogP contribution is 2.19. The van der Waals surface area contributed by atoms with Crippen LogP contribution in [-0.4, -0.2) is 44.9 Å². The topological polar surface area (TPSA) is 132 Å². The fourth-order valence-corrected chi connectivity index (χ4v) is 0.609. The van der Waals surface area contributed by atoms with Gasteiger partial charge in [-0.3, -0.25) is 0 Å². The number of hydrogen-bond acceptors (Lipinski definition) is 4. The Morgan fingerprint density at radius 2 is 0.923 bits per heavy atom. The second kappa shape index (κ2) is 17.4. The van der Waals surface area contributed by atoms with E-state index in [1.807, 2.05) is 0 Å². The number of carboxylic acid groups (broad SMARTS) is 3. The zero-order chi connectivity index (χ0) is 22.1. The second-order valence-corrected chi connectivity index (χ2v) is 6.64. The van der Waals surface area contributed by atoms with E-state index < -0.39 is 17.9 Å². The van der Waals surface area contributed by atoms with Gasteiger partial charge in [0.2, 0.25) is 0 Å². The number of carboxylic acids is 3. The number of hydrogen-bond donors (Lipinski definition) is 4. The molecule has 7 heteroatoms. The van der Waals surface area contributed by atoms with Crippen molar-refractivity contribution in [2.45, 2.75) is 54.4 Å². The lowest BCUT2D eigenvalue weighted by molar-refractivity contribution is -0.133. The third-order valence-corrected chi connectivity index (χ3v) is 2.18. The van der Waals surface area contributed by atoms with Crippen molar-refractivity contribution in [1.82, 2.24) is 0 Å². The van der Waals surface area contributed by atoms with Crippen molar-refractivity contribution in [2.24, 2.45) is 5.41 Å². The van der Waals surface area contributed by atoms with Gasteiger partial charge < -0.3 is 20.4 Å². The quantitative estimate of drug-likeness (QED) is 0.539. The van der Waals surface area contributed by atoms with Crippen LogP contribution in [0.3, 0.4) is 0 Å². The molecule has 7 nitrogen and oxygen atoms in total. The highest BCUT2D eigenvalue weighted by molar-refractivity contribution is 5.85. The lowest BCUT2D eigenvalue weighted by Crippen LogP contribution is -2.04. The Morgan fingerprint density at radius 1 is 0.731 bits per heavy atom. The van der Waals surface area contributed by atoms with Crippen molar-refractivity contribution in [2.75, 3.05) is 6.61 Å². The van der Waals surface area contributed by atoms with Crippen LogP contribution in [0.4, 0.5) is 0 Å². The van der Waals surface area contributed by atoms with E-state index in [1.165, 1.54) is 20.8 Å². The first-order valence-corrected chi connectivity index (χ1v) is 7.76. The van der Waals surface area contributed by atoms with Gasteiger partial charge in [0.05, 0.1) is 0 Å². The molecular weight excluding hydrogens is 340 g/mol. The Bertz CT molecular complexity index is 390. The largest absolute Gasteiger partial charge is 0.478 e. The molecular formula is C19H34O7. The van der Waals surface area contributed by atoms with E-state index in [1.54, 1.807) is 0 Å². The lowest BCUT2D eigenvalue weighted by atomic mass is 9.91. The maximum absolute atomic E-state index is 9.60. The van der Waals surface area contributed by atoms with Crippen LogP contribution in [0.25, 0.3) is 0 Å². The molecule has 0 heterocycles. The van der Waals surface area contributed by atoms with Gasteiger partial charge >= 0.3 is 17.9 Å². The Labute approximate surface area is 156 Å². The Hall–Kier alpha value is -2.41. The molecule has 0 radical (unpaired) electrons. The normalized spacial score (nSPS) is 8.88. The number of rotatable bonds is 5. The predicted octanol–water partition coefficient (Wildman–Crippen LogP) is 3.75. The predicted molar refractivity (Wildman–Crippen MR) is 103 cm³/mol. The van der Waals surface area contributed by atoms with Gasteiger partial charge in [0, 0.05) is 23.3 Å². The fourth-order valence-electron chi connectivity index (χ4n) is 0.609. The molecule has 26 heavy (non-hydrogen) atoms. The zero-order valence-corrected chi connectivity index (χ0v) is 16.8. The smallest absolute Gasteiger partial charge is 0.330 e. The van der Waals surface area contributed by atoms with E-state index >= 15 is 0 Å². The van der Waals surface area contributed by atoms with Crippen LogP contribution in [-0.2, 0) is 14.4 Å². The van der Waals surface area contributed by atoms with E-state index in [9.17, 15) is 14.4 Å². The minimum absolute atomic E-state index is 0.176. The molecule has 0 aromatic heterocycles. The van der Waals surface area contributed by atoms with Gasteiger partial charge in [0.1, 0.15) is 0 Å². The van der Waals surface area contributed by atoms with Crippen LogP contribution < -0.4 is 0 Å².